The summed E-state index contributed by atoms with van der Waals surface area (Å²) < 4.78 is 36.8. The normalized spacial score (nSPS) is 16.7. The molecule has 9 heteroatoms. The van der Waals surface area contributed by atoms with Crippen molar-refractivity contribution in [2.75, 3.05) is 21.3 Å². The molecule has 0 aliphatic rings. The lowest BCUT2D eigenvalue weighted by Gasteiger charge is -2.45. The molecule has 0 aromatic heterocycles. The molecule has 0 aliphatic carbocycles. The average molecular weight is 753 g/mol. The summed E-state index contributed by atoms with van der Waals surface area (Å²) in [5.74, 6) is -1.69. The van der Waals surface area contributed by atoms with Crippen molar-refractivity contribution in [1.29, 1.82) is 0 Å². The third kappa shape index (κ3) is 13.9. The molecule has 8 nitrogen and oxygen atoms in total. The summed E-state index contributed by atoms with van der Waals surface area (Å²) in [5.41, 5.74) is 1.88. The van der Waals surface area contributed by atoms with Crippen LogP contribution in [0.2, 0.25) is 18.1 Å². The van der Waals surface area contributed by atoms with E-state index in [1.54, 1.807) is 21.1 Å². The molecule has 0 spiro atoms. The Morgan fingerprint density at radius 2 is 1.47 bits per heavy atom. The van der Waals surface area contributed by atoms with Gasteiger partial charge in [-0.25, -0.2) is 0 Å². The van der Waals surface area contributed by atoms with Crippen molar-refractivity contribution in [3.05, 3.63) is 91.0 Å². The smallest absolute Gasteiger partial charge is 0.316 e. The van der Waals surface area contributed by atoms with Gasteiger partial charge in [0.1, 0.15) is 23.9 Å². The van der Waals surface area contributed by atoms with E-state index < -0.39 is 38.5 Å². The first-order valence-electron chi connectivity index (χ1n) is 19.1. The lowest BCUT2D eigenvalue weighted by Crippen LogP contribution is -2.55. The second-order valence-electron chi connectivity index (χ2n) is 15.7. The van der Waals surface area contributed by atoms with Gasteiger partial charge in [0.15, 0.2) is 14.1 Å². The Balaban J connectivity index is 2.39. The Kier molecular flexibility index (Phi) is 19.4. The Morgan fingerprint density at radius 1 is 0.849 bits per heavy atom. The van der Waals surface area contributed by atoms with Crippen molar-refractivity contribution in [2.24, 2.45) is 17.8 Å². The van der Waals surface area contributed by atoms with E-state index in [-0.39, 0.29) is 34.9 Å². The molecule has 0 heterocycles. The van der Waals surface area contributed by atoms with E-state index in [9.17, 15) is 9.59 Å². The molecule has 0 amide bonds. The maximum absolute atomic E-state index is 14.5. The summed E-state index contributed by atoms with van der Waals surface area (Å²) in [4.78, 5) is 28.3. The number of carbonyl (C=O) groups excluding carboxylic acids is 2. The van der Waals surface area contributed by atoms with Gasteiger partial charge in [-0.1, -0.05) is 95.7 Å². The number of hydrogen-bond acceptors (Lipinski definition) is 8. The largest absolute Gasteiger partial charge is 0.497 e. The summed E-state index contributed by atoms with van der Waals surface area (Å²) in [6.45, 7) is 24.7. The van der Waals surface area contributed by atoms with Gasteiger partial charge in [0.05, 0.1) is 32.0 Å². The number of methoxy groups -OCH3 is 3. The van der Waals surface area contributed by atoms with E-state index in [0.717, 1.165) is 42.6 Å². The van der Waals surface area contributed by atoms with E-state index in [0.29, 0.717) is 13.0 Å². The van der Waals surface area contributed by atoms with Crippen LogP contribution in [0.25, 0.3) is 0 Å². The minimum absolute atomic E-state index is 0.0775. The number of hydrogen-bond donors (Lipinski definition) is 0. The van der Waals surface area contributed by atoms with Gasteiger partial charge in [-0.05, 0) is 74.0 Å². The van der Waals surface area contributed by atoms with Gasteiger partial charge in [-0.2, -0.15) is 0 Å². The van der Waals surface area contributed by atoms with Crippen molar-refractivity contribution in [3.63, 3.8) is 0 Å². The van der Waals surface area contributed by atoms with Crippen LogP contribution in [0, 0.1) is 17.8 Å². The van der Waals surface area contributed by atoms with Crippen LogP contribution in [0.4, 0.5) is 0 Å². The maximum atomic E-state index is 14.5. The zero-order valence-electron chi connectivity index (χ0n) is 34.4. The highest BCUT2D eigenvalue weighted by atomic mass is 28.4. The summed E-state index contributed by atoms with van der Waals surface area (Å²) in [5, 5.41) is -0.155. The van der Waals surface area contributed by atoms with Gasteiger partial charge >= 0.3 is 5.97 Å². The number of carbonyl (C=O) groups is 2. The first-order valence-corrected chi connectivity index (χ1v) is 22.0. The number of Topliss-reactive ketones (excluding diaryl/α,β-unsaturated/α-hetero) is 1. The van der Waals surface area contributed by atoms with Gasteiger partial charge in [-0.15, -0.1) is 13.2 Å². The third-order valence-electron chi connectivity index (χ3n) is 10.8. The van der Waals surface area contributed by atoms with Crippen molar-refractivity contribution in [2.45, 2.75) is 129 Å². The van der Waals surface area contributed by atoms with E-state index >= 15 is 0 Å². The fraction of sp³-hybridized carbons (Fsp3) is 0.591. The number of unbranched alkanes of at least 4 members (excludes halogenated alkanes) is 1. The number of ketones is 1. The fourth-order valence-corrected chi connectivity index (χ4v) is 7.55. The highest BCUT2D eigenvalue weighted by Crippen LogP contribution is 2.40. The van der Waals surface area contributed by atoms with Crippen molar-refractivity contribution in [3.8, 4) is 5.75 Å². The van der Waals surface area contributed by atoms with Crippen LogP contribution < -0.4 is 4.74 Å². The number of esters is 1. The van der Waals surface area contributed by atoms with Crippen molar-refractivity contribution >= 4 is 20.1 Å². The predicted molar refractivity (Wildman–Crippen MR) is 216 cm³/mol. The predicted octanol–water partition coefficient (Wildman–Crippen LogP) is 10.1. The van der Waals surface area contributed by atoms with Gasteiger partial charge in [-0.3, -0.25) is 9.59 Å². The summed E-state index contributed by atoms with van der Waals surface area (Å²) in [6.07, 6.45) is 5.24. The lowest BCUT2D eigenvalue weighted by atomic mass is 9.84. The summed E-state index contributed by atoms with van der Waals surface area (Å²) in [6, 6.07) is 17.4. The molecule has 8 atom stereocenters. The van der Waals surface area contributed by atoms with Crippen LogP contribution in [0.1, 0.15) is 90.9 Å². The van der Waals surface area contributed by atoms with Crippen LogP contribution in [-0.4, -0.2) is 65.8 Å². The Bertz CT molecular complexity index is 1390. The zero-order valence-corrected chi connectivity index (χ0v) is 35.4. The van der Waals surface area contributed by atoms with Crippen LogP contribution >= 0.6 is 0 Å². The molecule has 53 heavy (non-hydrogen) atoms. The van der Waals surface area contributed by atoms with Crippen LogP contribution in [0.3, 0.4) is 0 Å². The molecule has 0 saturated carbocycles. The summed E-state index contributed by atoms with van der Waals surface area (Å²) in [7, 11) is 2.39. The zero-order chi connectivity index (χ0) is 39.8. The number of ether oxygens (including phenoxy) is 5. The molecule has 0 radical (unpaired) electrons. The lowest BCUT2D eigenvalue weighted by molar-refractivity contribution is -0.162. The molecular formula is C44H68O8Si. The maximum Gasteiger partial charge on any atom is 0.316 e. The molecule has 2 rings (SSSR count). The summed E-state index contributed by atoms with van der Waals surface area (Å²) >= 11 is 0. The first-order chi connectivity index (χ1) is 25.0. The van der Waals surface area contributed by atoms with E-state index in [1.165, 1.54) is 7.11 Å². The molecule has 0 unspecified atom stereocenters. The molecule has 0 saturated heterocycles. The average Bonchev–Trinajstić information content (AvgIpc) is 3.14. The van der Waals surface area contributed by atoms with E-state index in [1.807, 2.05) is 80.6 Å². The standard InChI is InChI=1S/C44H68O8Si/c1-14-21-36(47-9)24-19-20-25-38(35-22-17-16-18-23-35)51-43(46)32(4)39(45)42(49-11)41(52-53(12,13)44(6,7)8)33(5)40(31(3)15-2)50-30-34-26-28-37(48-10)29-27-34/h14-18,22-23,26-29,31-33,36,38,40-42H,1-2,19-21,24-25,30H2,3-13H3/t31-,32-,33+,36+,38-,40-,41-,42-/m0/s1. The SMILES string of the molecule is C=CC[C@H](CCCC[C@H](OC(=O)[C@@H](C)C(=O)[C@H](OC)[C@@H](O[Si](C)(C)C(C)(C)C)[C@H](C)[C@@H](OCc1ccc(OC)cc1)[C@@H](C)C=C)c1ccccc1)OC. The molecule has 296 valence electrons. The molecule has 2 aromatic carbocycles. The monoisotopic (exact) mass is 752 g/mol. The second-order valence-corrected chi connectivity index (χ2v) is 20.5. The molecule has 0 N–H and O–H groups in total. The van der Waals surface area contributed by atoms with Crippen molar-refractivity contribution < 1.29 is 37.7 Å². The highest BCUT2D eigenvalue weighted by Gasteiger charge is 2.47. The minimum Gasteiger partial charge on any atom is -0.497 e. The second kappa shape index (κ2) is 22.3. The quantitative estimate of drug-likeness (QED) is 0.0326. The van der Waals surface area contributed by atoms with Gasteiger partial charge in [0, 0.05) is 26.1 Å². The number of benzene rings is 2. The first kappa shape index (κ1) is 46.1. The molecule has 0 fully saturated rings. The molecule has 0 aliphatic heterocycles. The van der Waals surface area contributed by atoms with Crippen LogP contribution in [0.5, 0.6) is 5.75 Å². The van der Waals surface area contributed by atoms with Crippen LogP contribution in [0.15, 0.2) is 79.9 Å². The van der Waals surface area contributed by atoms with E-state index in [4.69, 9.17) is 28.1 Å². The Hall–Kier alpha value is -3.08. The molecule has 2 aromatic rings. The van der Waals surface area contributed by atoms with Gasteiger partial charge in [0.25, 0.3) is 0 Å². The van der Waals surface area contributed by atoms with Crippen molar-refractivity contribution in [1.82, 2.24) is 0 Å². The third-order valence-corrected chi connectivity index (χ3v) is 15.3. The highest BCUT2D eigenvalue weighted by molar-refractivity contribution is 6.74. The molecular weight excluding hydrogens is 685 g/mol. The topological polar surface area (TPSA) is 89.5 Å². The fourth-order valence-electron chi connectivity index (χ4n) is 6.18. The minimum atomic E-state index is -2.47. The van der Waals surface area contributed by atoms with Crippen LogP contribution in [-0.2, 0) is 39.6 Å². The Morgan fingerprint density at radius 3 is 2.00 bits per heavy atom. The van der Waals surface area contributed by atoms with Gasteiger partial charge < -0.3 is 28.1 Å². The Labute approximate surface area is 321 Å². The number of rotatable bonds is 25. The molecule has 0 bridgehead atoms. The van der Waals surface area contributed by atoms with E-state index in [2.05, 4.69) is 47.0 Å². The van der Waals surface area contributed by atoms with Gasteiger partial charge in [0.2, 0.25) is 0 Å².